The van der Waals surface area contributed by atoms with Gasteiger partial charge in [-0.2, -0.15) is 8.78 Å². The Morgan fingerprint density at radius 2 is 1.93 bits per heavy atom. The zero-order chi connectivity index (χ0) is 20.6. The van der Waals surface area contributed by atoms with Gasteiger partial charge < -0.3 is 29.7 Å². The Kier molecular flexibility index (Phi) is 10.2. The molecule has 0 aliphatic carbocycles. The van der Waals surface area contributed by atoms with Gasteiger partial charge in [0.05, 0.1) is 0 Å². The van der Waals surface area contributed by atoms with Gasteiger partial charge in [-0.15, -0.1) is 24.0 Å². The number of piperidine rings is 1. The van der Waals surface area contributed by atoms with Crippen LogP contribution in [-0.2, 0) is 6.54 Å². The molecule has 0 radical (unpaired) electrons. The number of aliphatic imine (C=N–C) groups is 1. The molecule has 0 spiro atoms. The Morgan fingerprint density at radius 3 is 2.57 bits per heavy atom. The Bertz CT molecular complexity index is 701. The quantitative estimate of drug-likeness (QED) is 0.300. The molecule has 1 fully saturated rings. The van der Waals surface area contributed by atoms with Gasteiger partial charge >= 0.3 is 6.61 Å². The fourth-order valence-corrected chi connectivity index (χ4v) is 3.69. The number of likely N-dealkylation sites (tertiary alicyclic amines) is 1. The van der Waals surface area contributed by atoms with Gasteiger partial charge in [0.1, 0.15) is 5.75 Å². The monoisotopic (exact) mass is 540 g/mol. The fraction of sp³-hybridized carbons (Fsp3) is 0.650. The highest BCUT2D eigenvalue weighted by Crippen LogP contribution is 2.38. The summed E-state index contributed by atoms with van der Waals surface area (Å²) in [6.07, 6.45) is 3.54. The molecule has 170 valence electrons. The summed E-state index contributed by atoms with van der Waals surface area (Å²) in [4.78, 5) is 6.70. The number of alkyl halides is 2. The summed E-state index contributed by atoms with van der Waals surface area (Å²) in [7, 11) is 1.69. The minimum absolute atomic E-state index is 0. The van der Waals surface area contributed by atoms with Crippen molar-refractivity contribution in [2.75, 3.05) is 40.0 Å². The van der Waals surface area contributed by atoms with Crippen LogP contribution in [0.4, 0.5) is 8.78 Å². The van der Waals surface area contributed by atoms with Gasteiger partial charge in [-0.3, -0.25) is 4.99 Å². The van der Waals surface area contributed by atoms with Gasteiger partial charge in [0.2, 0.25) is 6.79 Å². The predicted molar refractivity (Wildman–Crippen MR) is 122 cm³/mol. The molecule has 3 rings (SSSR count). The summed E-state index contributed by atoms with van der Waals surface area (Å²) in [5.74, 6) is 2.33. The van der Waals surface area contributed by atoms with Crippen molar-refractivity contribution in [3.63, 3.8) is 0 Å². The fourth-order valence-electron chi connectivity index (χ4n) is 3.69. The van der Waals surface area contributed by atoms with Crippen molar-refractivity contribution < 1.29 is 23.0 Å². The zero-order valence-electron chi connectivity index (χ0n) is 17.5. The van der Waals surface area contributed by atoms with E-state index >= 15 is 0 Å². The first kappa shape index (κ1) is 24.7. The largest absolute Gasteiger partial charge is 0.454 e. The first-order valence-corrected chi connectivity index (χ1v) is 10.1. The van der Waals surface area contributed by atoms with E-state index in [0.29, 0.717) is 23.0 Å². The Morgan fingerprint density at radius 1 is 1.23 bits per heavy atom. The van der Waals surface area contributed by atoms with Crippen LogP contribution >= 0.6 is 24.0 Å². The highest BCUT2D eigenvalue weighted by Gasteiger charge is 2.21. The average Bonchev–Trinajstić information content (AvgIpc) is 3.17. The van der Waals surface area contributed by atoms with Crippen molar-refractivity contribution in [3.8, 4) is 17.2 Å². The summed E-state index contributed by atoms with van der Waals surface area (Å²) in [6, 6.07) is 3.09. The lowest BCUT2D eigenvalue weighted by molar-refractivity contribution is -0.0505. The molecule has 1 aromatic rings. The number of fused-ring (bicyclic) bond motifs is 1. The van der Waals surface area contributed by atoms with E-state index in [9.17, 15) is 8.78 Å². The normalized spacial score (nSPS) is 17.0. The van der Waals surface area contributed by atoms with Crippen LogP contribution in [0.2, 0.25) is 0 Å². The van der Waals surface area contributed by atoms with Gasteiger partial charge in [-0.25, -0.2) is 0 Å². The molecule has 2 aliphatic rings. The number of halogens is 3. The topological polar surface area (TPSA) is 67.4 Å². The van der Waals surface area contributed by atoms with Gasteiger partial charge in [-0.1, -0.05) is 6.92 Å². The van der Waals surface area contributed by atoms with Crippen molar-refractivity contribution in [2.24, 2.45) is 10.9 Å². The lowest BCUT2D eigenvalue weighted by atomic mass is 9.93. The molecule has 0 unspecified atom stereocenters. The SMILES string of the molecule is CCN1CCC(CCNC(=NC)NCc2cc3c(cc2OC(F)F)OCO3)CC1.I. The average molecular weight is 540 g/mol. The number of rotatable bonds is 8. The molecule has 2 heterocycles. The van der Waals surface area contributed by atoms with Gasteiger partial charge in [0.15, 0.2) is 17.5 Å². The number of nitrogens with one attached hydrogen (secondary N) is 2. The molecule has 0 amide bonds. The van der Waals surface area contributed by atoms with Gasteiger partial charge in [-0.05, 0) is 50.9 Å². The lowest BCUT2D eigenvalue weighted by Gasteiger charge is -2.31. The molecule has 7 nitrogen and oxygen atoms in total. The Labute approximate surface area is 193 Å². The van der Waals surface area contributed by atoms with Crippen molar-refractivity contribution in [1.29, 1.82) is 0 Å². The molecule has 0 aromatic heterocycles. The maximum absolute atomic E-state index is 12.8. The minimum Gasteiger partial charge on any atom is -0.454 e. The summed E-state index contributed by atoms with van der Waals surface area (Å²) >= 11 is 0. The number of nitrogens with zero attached hydrogens (tertiary/aromatic N) is 2. The van der Waals surface area contributed by atoms with E-state index in [0.717, 1.165) is 25.4 Å². The number of hydrogen-bond donors (Lipinski definition) is 2. The van der Waals surface area contributed by atoms with Crippen molar-refractivity contribution in [1.82, 2.24) is 15.5 Å². The molecule has 1 aromatic carbocycles. The Hall–Kier alpha value is -1.56. The maximum Gasteiger partial charge on any atom is 0.387 e. The minimum atomic E-state index is -2.91. The van der Waals surface area contributed by atoms with E-state index in [1.54, 1.807) is 13.1 Å². The number of ether oxygens (including phenoxy) is 3. The van der Waals surface area contributed by atoms with Crippen molar-refractivity contribution >= 4 is 29.9 Å². The van der Waals surface area contributed by atoms with Gasteiger partial charge in [0.25, 0.3) is 0 Å². The second-order valence-corrected chi connectivity index (χ2v) is 7.21. The van der Waals surface area contributed by atoms with E-state index in [1.807, 2.05) is 0 Å². The summed E-state index contributed by atoms with van der Waals surface area (Å²) in [6.45, 7) is 3.92. The first-order valence-electron chi connectivity index (χ1n) is 10.1. The highest BCUT2D eigenvalue weighted by molar-refractivity contribution is 14.0. The van der Waals surface area contributed by atoms with E-state index in [-0.39, 0.29) is 43.1 Å². The number of hydrogen-bond acceptors (Lipinski definition) is 5. The molecule has 30 heavy (non-hydrogen) atoms. The lowest BCUT2D eigenvalue weighted by Crippen LogP contribution is -2.39. The van der Waals surface area contributed by atoms with Crippen LogP contribution in [0.5, 0.6) is 17.2 Å². The first-order chi connectivity index (χ1) is 14.1. The number of guanidine groups is 1. The van der Waals surface area contributed by atoms with E-state index in [4.69, 9.17) is 9.47 Å². The van der Waals surface area contributed by atoms with E-state index in [2.05, 4.69) is 32.2 Å². The van der Waals surface area contributed by atoms with Crippen LogP contribution < -0.4 is 24.8 Å². The molecule has 2 aliphatic heterocycles. The van der Waals surface area contributed by atoms with Crippen LogP contribution in [0.25, 0.3) is 0 Å². The molecular formula is C20H31F2IN4O3. The molecule has 0 atom stereocenters. The maximum atomic E-state index is 12.8. The van der Waals surface area contributed by atoms with Crippen molar-refractivity contribution in [2.45, 2.75) is 39.3 Å². The molecule has 0 bridgehead atoms. The van der Waals surface area contributed by atoms with Crippen LogP contribution in [-0.4, -0.2) is 57.5 Å². The zero-order valence-corrected chi connectivity index (χ0v) is 19.8. The molecule has 0 saturated carbocycles. The summed E-state index contributed by atoms with van der Waals surface area (Å²) < 4.78 is 40.7. The predicted octanol–water partition coefficient (Wildman–Crippen LogP) is 3.42. The second-order valence-electron chi connectivity index (χ2n) is 7.21. The molecule has 2 N–H and O–H groups in total. The second kappa shape index (κ2) is 12.3. The van der Waals surface area contributed by atoms with Crippen LogP contribution in [0.1, 0.15) is 31.7 Å². The van der Waals surface area contributed by atoms with Gasteiger partial charge in [0, 0.05) is 31.8 Å². The smallest absolute Gasteiger partial charge is 0.387 e. The van der Waals surface area contributed by atoms with Crippen molar-refractivity contribution in [3.05, 3.63) is 17.7 Å². The summed E-state index contributed by atoms with van der Waals surface area (Å²) in [5.41, 5.74) is 0.546. The molecule has 1 saturated heterocycles. The molecular weight excluding hydrogens is 509 g/mol. The Balaban J connectivity index is 0.00000320. The van der Waals surface area contributed by atoms with Crippen LogP contribution in [0.3, 0.4) is 0 Å². The highest BCUT2D eigenvalue weighted by atomic mass is 127. The van der Waals surface area contributed by atoms with Crippen LogP contribution in [0, 0.1) is 5.92 Å². The molecule has 10 heteroatoms. The third kappa shape index (κ3) is 7.00. The standard InChI is InChI=1S/C20H30F2N4O3.HI/c1-3-26-8-5-14(6-9-26)4-7-24-20(23-2)25-12-15-10-17-18(28-13-27-17)11-16(15)29-19(21)22;/h10-11,14,19H,3-9,12-13H2,1-2H3,(H2,23,24,25);1H. The third-order valence-corrected chi connectivity index (χ3v) is 5.44. The van der Waals surface area contributed by atoms with E-state index in [1.165, 1.54) is 32.0 Å². The third-order valence-electron chi connectivity index (χ3n) is 5.44. The van der Waals surface area contributed by atoms with Crippen LogP contribution in [0.15, 0.2) is 17.1 Å². The number of benzene rings is 1. The van der Waals surface area contributed by atoms with E-state index < -0.39 is 6.61 Å². The summed E-state index contributed by atoms with van der Waals surface area (Å²) in [5, 5.41) is 6.46.